The van der Waals surface area contributed by atoms with Crippen molar-refractivity contribution in [1.29, 1.82) is 0 Å². The molecule has 0 bridgehead atoms. The van der Waals surface area contributed by atoms with Gasteiger partial charge in [0.2, 0.25) is 10.0 Å². The summed E-state index contributed by atoms with van der Waals surface area (Å²) >= 11 is 3.29. The monoisotopic (exact) mass is 418 g/mol. The fourth-order valence-electron chi connectivity index (χ4n) is 2.53. The number of nitrogens with zero attached hydrogens (tertiary/aromatic N) is 1. The third-order valence-electron chi connectivity index (χ3n) is 3.54. The molecule has 24 heavy (non-hydrogen) atoms. The van der Waals surface area contributed by atoms with Crippen molar-refractivity contribution in [2.24, 2.45) is 0 Å². The Bertz CT molecular complexity index is 700. The van der Waals surface area contributed by atoms with Gasteiger partial charge in [-0.2, -0.15) is 4.31 Å². The van der Waals surface area contributed by atoms with Crippen molar-refractivity contribution in [3.05, 3.63) is 28.7 Å². The van der Waals surface area contributed by atoms with E-state index in [1.807, 2.05) is 0 Å². The number of amides is 1. The second-order valence-corrected chi connectivity index (χ2v) is 9.66. The summed E-state index contributed by atoms with van der Waals surface area (Å²) in [5.41, 5.74) is -0.583. The molecule has 1 atom stereocenters. The summed E-state index contributed by atoms with van der Waals surface area (Å²) in [4.78, 5) is 12.1. The number of carbonyl (C=O) groups excluding carboxylic acids is 1. The Hall–Kier alpha value is -1.12. The minimum atomic E-state index is -3.58. The molecular formula is C16H23BrN2O4S. The van der Waals surface area contributed by atoms with Gasteiger partial charge in [0.1, 0.15) is 5.60 Å². The van der Waals surface area contributed by atoms with Gasteiger partial charge in [-0.3, -0.25) is 0 Å². The maximum atomic E-state index is 12.8. The second kappa shape index (κ2) is 7.41. The van der Waals surface area contributed by atoms with E-state index in [9.17, 15) is 13.2 Å². The number of piperidine rings is 1. The van der Waals surface area contributed by atoms with Gasteiger partial charge in [-0.05, 0) is 51.8 Å². The summed E-state index contributed by atoms with van der Waals surface area (Å²) in [7, 11) is -3.58. The van der Waals surface area contributed by atoms with E-state index in [0.29, 0.717) is 17.4 Å². The van der Waals surface area contributed by atoms with Crippen molar-refractivity contribution in [1.82, 2.24) is 9.62 Å². The fourth-order valence-corrected chi connectivity index (χ4v) is 4.65. The molecule has 0 aromatic heterocycles. The van der Waals surface area contributed by atoms with Crippen LogP contribution in [0.5, 0.6) is 0 Å². The van der Waals surface area contributed by atoms with Crippen molar-refractivity contribution in [3.8, 4) is 0 Å². The Morgan fingerprint density at radius 2 is 2.08 bits per heavy atom. The van der Waals surface area contributed by atoms with Crippen LogP contribution in [0.1, 0.15) is 33.6 Å². The zero-order chi connectivity index (χ0) is 18.0. The molecule has 1 aliphatic rings. The smallest absolute Gasteiger partial charge is 0.407 e. The van der Waals surface area contributed by atoms with Gasteiger partial charge in [-0.15, -0.1) is 0 Å². The first-order chi connectivity index (χ1) is 11.1. The van der Waals surface area contributed by atoms with Gasteiger partial charge >= 0.3 is 6.09 Å². The average Bonchev–Trinajstić information content (AvgIpc) is 2.45. The van der Waals surface area contributed by atoms with Crippen molar-refractivity contribution in [2.45, 2.75) is 50.2 Å². The standard InChI is InChI=1S/C16H23BrN2O4S/c1-16(2,3)23-15(20)18-13-7-5-9-19(11-13)24(21,22)14-8-4-6-12(17)10-14/h4,6,8,10,13H,5,7,9,11H2,1-3H3,(H,18,20). The van der Waals surface area contributed by atoms with Crippen LogP contribution < -0.4 is 5.32 Å². The molecule has 8 heteroatoms. The number of halogens is 1. The van der Waals surface area contributed by atoms with E-state index >= 15 is 0 Å². The number of alkyl carbamates (subject to hydrolysis) is 1. The molecule has 1 unspecified atom stereocenters. The fraction of sp³-hybridized carbons (Fsp3) is 0.562. The van der Waals surface area contributed by atoms with E-state index in [1.165, 1.54) is 4.31 Å². The normalized spacial score (nSPS) is 19.8. The number of ether oxygens (including phenoxy) is 1. The lowest BCUT2D eigenvalue weighted by atomic mass is 10.1. The predicted octanol–water partition coefficient (Wildman–Crippen LogP) is 3.13. The minimum absolute atomic E-state index is 0.244. The molecule has 1 aliphatic heterocycles. The molecule has 0 saturated carbocycles. The van der Waals surface area contributed by atoms with E-state index in [1.54, 1.807) is 45.0 Å². The van der Waals surface area contributed by atoms with Crippen LogP contribution in [0.25, 0.3) is 0 Å². The largest absolute Gasteiger partial charge is 0.444 e. The SMILES string of the molecule is CC(C)(C)OC(=O)NC1CCCN(S(=O)(=O)c2cccc(Br)c2)C1. The molecule has 1 fully saturated rings. The molecule has 1 amide bonds. The maximum Gasteiger partial charge on any atom is 0.407 e. The lowest BCUT2D eigenvalue weighted by Gasteiger charge is -2.32. The predicted molar refractivity (Wildman–Crippen MR) is 95.3 cm³/mol. The zero-order valence-corrected chi connectivity index (χ0v) is 16.5. The van der Waals surface area contributed by atoms with Gasteiger partial charge in [0, 0.05) is 23.6 Å². The summed E-state index contributed by atoms with van der Waals surface area (Å²) in [5.74, 6) is 0. The molecule has 0 spiro atoms. The molecule has 6 nitrogen and oxygen atoms in total. The van der Waals surface area contributed by atoms with E-state index < -0.39 is 21.7 Å². The molecule has 1 N–H and O–H groups in total. The van der Waals surface area contributed by atoms with Crippen molar-refractivity contribution < 1.29 is 17.9 Å². The summed E-state index contributed by atoms with van der Waals surface area (Å²) < 4.78 is 32.9. The van der Waals surface area contributed by atoms with Crippen LogP contribution >= 0.6 is 15.9 Å². The summed E-state index contributed by atoms with van der Waals surface area (Å²) in [6, 6.07) is 6.38. The van der Waals surface area contributed by atoms with Gasteiger partial charge in [-0.1, -0.05) is 22.0 Å². The number of hydrogen-bond acceptors (Lipinski definition) is 4. The lowest BCUT2D eigenvalue weighted by Crippen LogP contribution is -2.50. The Kier molecular flexibility index (Phi) is 5.93. The van der Waals surface area contributed by atoms with Crippen LogP contribution in [-0.4, -0.2) is 43.5 Å². The van der Waals surface area contributed by atoms with Crippen molar-refractivity contribution in [3.63, 3.8) is 0 Å². The maximum absolute atomic E-state index is 12.8. The van der Waals surface area contributed by atoms with E-state index in [2.05, 4.69) is 21.2 Å². The molecule has 0 radical (unpaired) electrons. The molecule has 2 rings (SSSR count). The highest BCUT2D eigenvalue weighted by molar-refractivity contribution is 9.10. The van der Waals surface area contributed by atoms with Crippen LogP contribution in [0.2, 0.25) is 0 Å². The Morgan fingerprint density at radius 1 is 1.38 bits per heavy atom. The van der Waals surface area contributed by atoms with E-state index in [4.69, 9.17) is 4.74 Å². The van der Waals surface area contributed by atoms with Gasteiger partial charge in [0.15, 0.2) is 0 Å². The quantitative estimate of drug-likeness (QED) is 0.817. The van der Waals surface area contributed by atoms with Gasteiger partial charge in [-0.25, -0.2) is 13.2 Å². The topological polar surface area (TPSA) is 75.7 Å². The van der Waals surface area contributed by atoms with Crippen LogP contribution in [0.3, 0.4) is 0 Å². The molecule has 1 heterocycles. The number of sulfonamides is 1. The molecule has 1 aromatic rings. The average molecular weight is 419 g/mol. The first-order valence-corrected chi connectivity index (χ1v) is 10.1. The minimum Gasteiger partial charge on any atom is -0.444 e. The molecule has 1 aromatic carbocycles. The number of nitrogens with one attached hydrogen (secondary N) is 1. The summed E-state index contributed by atoms with van der Waals surface area (Å²) in [6.45, 7) is 6.06. The highest BCUT2D eigenvalue weighted by Gasteiger charge is 2.31. The van der Waals surface area contributed by atoms with Gasteiger partial charge in [0.25, 0.3) is 0 Å². The van der Waals surface area contributed by atoms with Gasteiger partial charge < -0.3 is 10.1 Å². The second-order valence-electron chi connectivity index (χ2n) is 6.81. The number of carbonyl (C=O) groups is 1. The molecular weight excluding hydrogens is 396 g/mol. The Morgan fingerprint density at radius 3 is 2.71 bits per heavy atom. The highest BCUT2D eigenvalue weighted by Crippen LogP contribution is 2.23. The molecule has 134 valence electrons. The lowest BCUT2D eigenvalue weighted by molar-refractivity contribution is 0.0487. The molecule has 0 aliphatic carbocycles. The van der Waals surface area contributed by atoms with Gasteiger partial charge in [0.05, 0.1) is 4.90 Å². The third-order valence-corrected chi connectivity index (χ3v) is 5.89. The summed E-state index contributed by atoms with van der Waals surface area (Å²) in [6.07, 6.45) is 0.895. The van der Waals surface area contributed by atoms with Crippen LogP contribution in [-0.2, 0) is 14.8 Å². The van der Waals surface area contributed by atoms with E-state index in [0.717, 1.165) is 6.42 Å². The van der Waals surface area contributed by atoms with Crippen molar-refractivity contribution in [2.75, 3.05) is 13.1 Å². The summed E-state index contributed by atoms with van der Waals surface area (Å²) in [5, 5.41) is 2.76. The van der Waals surface area contributed by atoms with Crippen LogP contribution in [0.15, 0.2) is 33.6 Å². The Labute approximate surface area is 151 Å². The highest BCUT2D eigenvalue weighted by atomic mass is 79.9. The number of rotatable bonds is 3. The first kappa shape index (κ1) is 19.2. The molecule has 1 saturated heterocycles. The first-order valence-electron chi connectivity index (χ1n) is 7.83. The number of hydrogen-bond donors (Lipinski definition) is 1. The van der Waals surface area contributed by atoms with Crippen LogP contribution in [0, 0.1) is 0 Å². The third kappa shape index (κ3) is 5.19. The van der Waals surface area contributed by atoms with Crippen LogP contribution in [0.4, 0.5) is 4.79 Å². The zero-order valence-electron chi connectivity index (χ0n) is 14.1. The number of benzene rings is 1. The van der Waals surface area contributed by atoms with E-state index in [-0.39, 0.29) is 17.5 Å². The van der Waals surface area contributed by atoms with Crippen molar-refractivity contribution >= 4 is 32.0 Å². The Balaban J connectivity index is 2.06.